The van der Waals surface area contributed by atoms with E-state index in [1.807, 2.05) is 0 Å². The molecule has 8 heteroatoms. The second-order valence-corrected chi connectivity index (χ2v) is 7.40. The molecule has 0 radical (unpaired) electrons. The van der Waals surface area contributed by atoms with Gasteiger partial charge in [0.05, 0.1) is 4.90 Å². The van der Waals surface area contributed by atoms with Gasteiger partial charge in [-0.25, -0.2) is 13.1 Å². The summed E-state index contributed by atoms with van der Waals surface area (Å²) in [6.45, 7) is 5.05. The van der Waals surface area contributed by atoms with Crippen LogP contribution >= 0.6 is 11.3 Å². The van der Waals surface area contributed by atoms with Gasteiger partial charge in [-0.1, -0.05) is 49.8 Å². The number of benzene rings is 1. The molecule has 2 rings (SSSR count). The lowest BCUT2D eigenvalue weighted by Crippen LogP contribution is -2.23. The van der Waals surface area contributed by atoms with Gasteiger partial charge in [0, 0.05) is 18.7 Å². The topological polar surface area (TPSA) is 84.0 Å². The van der Waals surface area contributed by atoms with Gasteiger partial charge in [0.15, 0.2) is 5.01 Å². The van der Waals surface area contributed by atoms with Crippen molar-refractivity contribution in [1.82, 2.24) is 14.9 Å². The lowest BCUT2D eigenvalue weighted by atomic mass is 10.2. The Balaban J connectivity index is 2.30. The lowest BCUT2D eigenvalue weighted by molar-refractivity contribution is 0.584. The molecule has 1 aromatic heterocycles. The van der Waals surface area contributed by atoms with Crippen molar-refractivity contribution in [3.8, 4) is 10.6 Å². The number of hydrogen-bond acceptors (Lipinski definition) is 6. The summed E-state index contributed by atoms with van der Waals surface area (Å²) < 4.78 is 27.1. The minimum absolute atomic E-state index is 0.230. The van der Waals surface area contributed by atoms with E-state index in [-0.39, 0.29) is 4.90 Å². The van der Waals surface area contributed by atoms with Gasteiger partial charge in [0.1, 0.15) is 0 Å². The second kappa shape index (κ2) is 7.66. The van der Waals surface area contributed by atoms with Crippen molar-refractivity contribution in [1.29, 1.82) is 0 Å². The molecule has 120 valence electrons. The molecule has 0 spiro atoms. The largest absolute Gasteiger partial charge is 0.360 e. The molecule has 22 heavy (non-hydrogen) atoms. The van der Waals surface area contributed by atoms with Crippen LogP contribution in [0.4, 0.5) is 5.13 Å². The molecular weight excluding hydrogens is 320 g/mol. The zero-order valence-electron chi connectivity index (χ0n) is 12.7. The first-order chi connectivity index (χ1) is 10.6. The van der Waals surface area contributed by atoms with E-state index >= 15 is 0 Å². The van der Waals surface area contributed by atoms with Crippen LogP contribution in [0.5, 0.6) is 0 Å². The predicted molar refractivity (Wildman–Crippen MR) is 89.6 cm³/mol. The highest BCUT2D eigenvalue weighted by atomic mass is 32.2. The first kappa shape index (κ1) is 16.9. The van der Waals surface area contributed by atoms with Crippen molar-refractivity contribution < 1.29 is 8.42 Å². The second-order valence-electron chi connectivity index (χ2n) is 4.69. The van der Waals surface area contributed by atoms with Crippen LogP contribution in [0.2, 0.25) is 0 Å². The number of rotatable bonds is 8. The number of nitrogens with zero attached hydrogens (tertiary/aromatic N) is 2. The quantitative estimate of drug-likeness (QED) is 0.722. The molecule has 0 bridgehead atoms. The average Bonchev–Trinajstić information content (AvgIpc) is 2.96. The summed E-state index contributed by atoms with van der Waals surface area (Å²) in [6.07, 6.45) is 2.16. The van der Waals surface area contributed by atoms with E-state index in [0.717, 1.165) is 19.4 Å². The number of aromatic nitrogens is 2. The lowest BCUT2D eigenvalue weighted by Gasteiger charge is -2.08. The number of sulfonamides is 1. The van der Waals surface area contributed by atoms with Crippen LogP contribution in [0.3, 0.4) is 0 Å². The van der Waals surface area contributed by atoms with Gasteiger partial charge in [-0.15, -0.1) is 10.2 Å². The maximum atomic E-state index is 12.3. The van der Waals surface area contributed by atoms with Crippen LogP contribution < -0.4 is 10.0 Å². The zero-order chi connectivity index (χ0) is 16.0. The van der Waals surface area contributed by atoms with E-state index in [1.54, 1.807) is 31.2 Å². The van der Waals surface area contributed by atoms with Gasteiger partial charge in [0.25, 0.3) is 0 Å². The fraction of sp³-hybridized carbons (Fsp3) is 0.429. The minimum Gasteiger partial charge on any atom is -0.360 e. The highest BCUT2D eigenvalue weighted by Gasteiger charge is 2.20. The number of unbranched alkanes of at least 4 members (excludes halogenated alkanes) is 1. The molecular formula is C14H20N4O2S2. The van der Waals surface area contributed by atoms with E-state index in [2.05, 4.69) is 27.2 Å². The first-order valence-corrected chi connectivity index (χ1v) is 9.55. The molecule has 2 aromatic rings. The van der Waals surface area contributed by atoms with Gasteiger partial charge in [-0.2, -0.15) is 0 Å². The molecule has 0 atom stereocenters. The maximum absolute atomic E-state index is 12.3. The van der Waals surface area contributed by atoms with Gasteiger partial charge < -0.3 is 5.32 Å². The molecule has 0 unspecified atom stereocenters. The van der Waals surface area contributed by atoms with E-state index in [9.17, 15) is 8.42 Å². The molecule has 6 nitrogen and oxygen atoms in total. The molecule has 0 amide bonds. The minimum atomic E-state index is -3.53. The Bertz CT molecular complexity index is 713. The van der Waals surface area contributed by atoms with Crippen molar-refractivity contribution in [2.24, 2.45) is 0 Å². The van der Waals surface area contributed by atoms with Crippen molar-refractivity contribution in [2.45, 2.75) is 31.6 Å². The van der Waals surface area contributed by atoms with Crippen LogP contribution in [-0.2, 0) is 10.0 Å². The smallest absolute Gasteiger partial charge is 0.241 e. The third-order valence-corrected chi connectivity index (χ3v) is 5.49. The molecule has 0 saturated heterocycles. The highest BCUT2D eigenvalue weighted by Crippen LogP contribution is 2.31. The molecule has 0 fully saturated rings. The zero-order valence-corrected chi connectivity index (χ0v) is 14.3. The number of anilines is 1. The molecule has 0 saturated carbocycles. The fourth-order valence-corrected chi connectivity index (χ4v) is 4.04. The molecule has 0 aliphatic heterocycles. The number of nitrogens with one attached hydrogen (secondary N) is 2. The van der Waals surface area contributed by atoms with Gasteiger partial charge in [-0.3, -0.25) is 0 Å². The molecule has 0 aliphatic carbocycles. The van der Waals surface area contributed by atoms with Crippen molar-refractivity contribution in [3.05, 3.63) is 24.3 Å². The van der Waals surface area contributed by atoms with E-state index in [0.29, 0.717) is 22.2 Å². The third-order valence-electron chi connectivity index (χ3n) is 2.97. The standard InChI is InChI=1S/C14H20N4O2S2/c1-3-5-10-15-14-18-17-13(21-14)11-8-6-7-9-12(11)22(19,20)16-4-2/h6-9,16H,3-5,10H2,1-2H3,(H,15,18). The Hall–Kier alpha value is -1.51. The summed E-state index contributed by atoms with van der Waals surface area (Å²) in [6, 6.07) is 6.83. The van der Waals surface area contributed by atoms with E-state index in [1.165, 1.54) is 11.3 Å². The first-order valence-electron chi connectivity index (χ1n) is 7.25. The van der Waals surface area contributed by atoms with Crippen LogP contribution in [0.1, 0.15) is 26.7 Å². The van der Waals surface area contributed by atoms with Crippen LogP contribution in [0.25, 0.3) is 10.6 Å². The van der Waals surface area contributed by atoms with Crippen LogP contribution in [-0.4, -0.2) is 31.7 Å². The van der Waals surface area contributed by atoms with Gasteiger partial charge >= 0.3 is 0 Å². The Morgan fingerprint density at radius 1 is 1.18 bits per heavy atom. The Labute approximate surface area is 135 Å². The third kappa shape index (κ3) is 4.02. The summed E-state index contributed by atoms with van der Waals surface area (Å²) >= 11 is 1.36. The molecule has 1 heterocycles. The van der Waals surface area contributed by atoms with Crippen molar-refractivity contribution in [2.75, 3.05) is 18.4 Å². The molecule has 0 aliphatic rings. The maximum Gasteiger partial charge on any atom is 0.241 e. The van der Waals surface area contributed by atoms with E-state index in [4.69, 9.17) is 0 Å². The van der Waals surface area contributed by atoms with Crippen LogP contribution in [0, 0.1) is 0 Å². The summed E-state index contributed by atoms with van der Waals surface area (Å²) in [5, 5.41) is 12.7. The average molecular weight is 340 g/mol. The Morgan fingerprint density at radius 2 is 1.95 bits per heavy atom. The SMILES string of the molecule is CCCCNc1nnc(-c2ccccc2S(=O)(=O)NCC)s1. The highest BCUT2D eigenvalue weighted by molar-refractivity contribution is 7.89. The summed E-state index contributed by atoms with van der Waals surface area (Å²) in [4.78, 5) is 0.230. The fourth-order valence-electron chi connectivity index (χ4n) is 1.92. The Morgan fingerprint density at radius 3 is 2.68 bits per heavy atom. The predicted octanol–water partition coefficient (Wildman–Crippen LogP) is 2.72. The summed E-state index contributed by atoms with van der Waals surface area (Å²) in [5.41, 5.74) is 0.574. The monoisotopic (exact) mass is 340 g/mol. The molecule has 2 N–H and O–H groups in total. The van der Waals surface area contributed by atoms with Gasteiger partial charge in [-0.05, 0) is 12.5 Å². The van der Waals surface area contributed by atoms with Crippen LogP contribution in [0.15, 0.2) is 29.2 Å². The number of hydrogen-bond donors (Lipinski definition) is 2. The van der Waals surface area contributed by atoms with Gasteiger partial charge in [0.2, 0.25) is 15.2 Å². The van der Waals surface area contributed by atoms with E-state index < -0.39 is 10.0 Å². The molecule has 1 aromatic carbocycles. The summed E-state index contributed by atoms with van der Waals surface area (Å²) in [5.74, 6) is 0. The van der Waals surface area contributed by atoms with Crippen molar-refractivity contribution in [3.63, 3.8) is 0 Å². The Kier molecular flexibility index (Phi) is 5.87. The summed E-state index contributed by atoms with van der Waals surface area (Å²) in [7, 11) is -3.53. The van der Waals surface area contributed by atoms with Crippen molar-refractivity contribution >= 4 is 26.5 Å². The normalized spacial score (nSPS) is 11.5.